The van der Waals surface area contributed by atoms with Gasteiger partial charge >= 0.3 is 0 Å². The van der Waals surface area contributed by atoms with Crippen molar-refractivity contribution in [2.45, 2.75) is 212 Å². The highest BCUT2D eigenvalue weighted by Crippen LogP contribution is 2.21. The molecule has 6 atom stereocenters. The van der Waals surface area contributed by atoms with Crippen molar-refractivity contribution in [3.63, 3.8) is 0 Å². The van der Waals surface area contributed by atoms with Crippen molar-refractivity contribution < 1.29 is 43.2 Å². The Morgan fingerprint density at radius 2 is 0.770 bits per heavy atom. The lowest BCUT2D eigenvalue weighted by Crippen LogP contribution is -2.47. The number of primary amides is 2. The number of nitrogens with zero attached hydrogens (tertiary/aromatic N) is 3. The Bertz CT molecular complexity index is 1830. The minimum Gasteiger partial charge on any atom is -0.370 e. The van der Waals surface area contributed by atoms with Crippen LogP contribution >= 0.6 is 0 Å². The molecule has 0 aromatic heterocycles. The molecule has 0 saturated carbocycles. The summed E-state index contributed by atoms with van der Waals surface area (Å²) in [4.78, 5) is 131. The molecule has 19 N–H and O–H groups in total. The average Bonchev–Trinajstić information content (AvgIpc) is 3.32. The molecule has 0 saturated heterocycles. The number of carbonyl (C=O) groups excluding carboxylic acids is 9. The van der Waals surface area contributed by atoms with Gasteiger partial charge in [-0.3, -0.25) is 58.1 Å². The third-order valence-electron chi connectivity index (χ3n) is 12.8. The van der Waals surface area contributed by atoms with Crippen LogP contribution in [-0.2, 0) is 43.2 Å². The second-order valence-corrected chi connectivity index (χ2v) is 19.5. The van der Waals surface area contributed by atoms with Crippen LogP contribution in [-0.4, -0.2) is 108 Å². The number of Topliss-reactive ketones (excluding diaryl/α,β-unsaturated/α-hetero) is 4. The number of nitrogens with one attached hydrogen (secondary N) is 3. The zero-order valence-electron chi connectivity index (χ0n) is 44.8. The Balaban J connectivity index is 6.04. The number of amides is 5. The van der Waals surface area contributed by atoms with E-state index in [0.29, 0.717) is 25.7 Å². The van der Waals surface area contributed by atoms with Crippen molar-refractivity contribution in [1.82, 2.24) is 16.0 Å². The number of unbranched alkanes of at least 4 members (excludes halogenated alkanes) is 12. The lowest BCUT2D eigenvalue weighted by molar-refractivity contribution is -0.135. The molecule has 74 heavy (non-hydrogen) atoms. The first kappa shape index (κ1) is 67.8. The molecule has 0 aromatic carbocycles. The summed E-state index contributed by atoms with van der Waals surface area (Å²) in [5.74, 6) is -8.60. The minimum atomic E-state index is -1.24. The minimum absolute atomic E-state index is 0.0641. The van der Waals surface area contributed by atoms with E-state index in [4.69, 9.17) is 45.9 Å². The van der Waals surface area contributed by atoms with Gasteiger partial charge in [0.15, 0.2) is 35.2 Å². The molecule has 0 rings (SSSR count). The molecule has 0 aliphatic rings. The monoisotopic (exact) mass is 1050 g/mol. The summed E-state index contributed by atoms with van der Waals surface area (Å²) in [6, 6.07) is -3.37. The summed E-state index contributed by atoms with van der Waals surface area (Å²) < 4.78 is 0. The molecule has 23 nitrogen and oxygen atoms in total. The lowest BCUT2D eigenvalue weighted by Gasteiger charge is -2.25. The van der Waals surface area contributed by atoms with Crippen molar-refractivity contribution >= 4 is 70.5 Å². The van der Waals surface area contributed by atoms with Gasteiger partial charge in [-0.1, -0.05) is 84.0 Å². The van der Waals surface area contributed by atoms with Crippen LogP contribution in [0.25, 0.3) is 0 Å². The molecule has 0 heterocycles. The maximum Gasteiger partial charge on any atom is 0.224 e. The summed E-state index contributed by atoms with van der Waals surface area (Å²) in [7, 11) is 0. The molecule has 0 radical (unpaired) electrons. The third kappa shape index (κ3) is 35.9. The van der Waals surface area contributed by atoms with Gasteiger partial charge in [-0.05, 0) is 71.6 Å². The number of nitrogens with two attached hydrogens (primary N) is 8. The van der Waals surface area contributed by atoms with E-state index in [-0.39, 0.29) is 107 Å². The van der Waals surface area contributed by atoms with E-state index in [1.165, 1.54) is 65.2 Å². The number of aliphatic imine (C=N–C) groups is 3. The summed E-state index contributed by atoms with van der Waals surface area (Å²) in [5.41, 5.74) is 43.6. The number of carbonyl (C=O) groups is 9. The molecule has 422 valence electrons. The number of hydrogen-bond acceptors (Lipinski definition) is 12. The van der Waals surface area contributed by atoms with E-state index in [2.05, 4.69) is 37.9 Å². The Labute approximate surface area is 438 Å². The number of hydrogen-bond donors (Lipinski definition) is 11. The van der Waals surface area contributed by atoms with Gasteiger partial charge in [0.05, 0.1) is 18.1 Å². The maximum absolute atomic E-state index is 13.9. The first-order chi connectivity index (χ1) is 35.1. The predicted octanol–water partition coefficient (Wildman–Crippen LogP) is 1.95. The van der Waals surface area contributed by atoms with Crippen molar-refractivity contribution in [2.75, 3.05) is 19.6 Å². The Morgan fingerprint density at radius 1 is 0.405 bits per heavy atom. The summed E-state index contributed by atoms with van der Waals surface area (Å²) in [6.45, 7) is 5.49. The third-order valence-corrected chi connectivity index (χ3v) is 12.8. The smallest absolute Gasteiger partial charge is 0.224 e. The Morgan fingerprint density at radius 3 is 1.18 bits per heavy atom. The van der Waals surface area contributed by atoms with Gasteiger partial charge in [-0.15, -0.1) is 0 Å². The Kier molecular flexibility index (Phi) is 37.8. The molecular formula is C51H94N14O9. The highest BCUT2D eigenvalue weighted by Gasteiger charge is 2.33. The van der Waals surface area contributed by atoms with Crippen molar-refractivity contribution in [3.8, 4) is 0 Å². The highest BCUT2D eigenvalue weighted by molar-refractivity contribution is 5.97. The molecular weight excluding hydrogens is 953 g/mol. The van der Waals surface area contributed by atoms with E-state index in [1.54, 1.807) is 0 Å². The average molecular weight is 1050 g/mol. The van der Waals surface area contributed by atoms with Gasteiger partial charge < -0.3 is 61.8 Å². The fourth-order valence-corrected chi connectivity index (χ4v) is 8.37. The van der Waals surface area contributed by atoms with Crippen molar-refractivity contribution in [1.29, 1.82) is 0 Å². The van der Waals surface area contributed by atoms with E-state index >= 15 is 0 Å². The number of guanidine groups is 3. The molecule has 0 spiro atoms. The van der Waals surface area contributed by atoms with Crippen LogP contribution in [0.2, 0.25) is 0 Å². The van der Waals surface area contributed by atoms with Crippen molar-refractivity contribution in [3.05, 3.63) is 0 Å². The second-order valence-electron chi connectivity index (χ2n) is 19.5. The van der Waals surface area contributed by atoms with Gasteiger partial charge in [0.1, 0.15) is 5.78 Å². The van der Waals surface area contributed by atoms with Gasteiger partial charge in [0, 0.05) is 75.9 Å². The summed E-state index contributed by atoms with van der Waals surface area (Å²) in [6.07, 6.45) is 14.6. The normalized spacial score (nSPS) is 13.4. The standard InChI is InChI=1S/C51H94N14O9/c1-4-5-6-7-8-9-10-11-12-13-14-15-16-23-46(72)64-39(21-18-29-61-50(56)57)43(69)33-38(25-27-45(53)71)47(73)63-34(2)41(67)32-37(24-26-44(52)70)48(74)65-40(22-19-30-62-51(58)59)42(68)31-36(35(3)66)20-17-28-60-49(54)55/h34,36-40H,4-33H2,1-3H3,(H2,52,70)(H2,53,71)(H,63,73)(H,64,72)(H,65,74)(H4,54,55,60)(H4,56,57,61)(H4,58,59,62)/t34-,36+,37+,38+,39-,40-/m0/s1. The van der Waals surface area contributed by atoms with E-state index in [0.717, 1.165) is 25.7 Å². The molecule has 0 aliphatic heterocycles. The predicted molar refractivity (Wildman–Crippen MR) is 288 cm³/mol. The number of rotatable bonds is 47. The molecule has 5 amide bonds. The quantitative estimate of drug-likeness (QED) is 0.0236. The summed E-state index contributed by atoms with van der Waals surface area (Å²) >= 11 is 0. The van der Waals surface area contributed by atoms with Gasteiger partial charge in [0.2, 0.25) is 29.5 Å². The van der Waals surface area contributed by atoms with Crippen LogP contribution in [0.1, 0.15) is 194 Å². The molecule has 23 heteroatoms. The molecule has 0 unspecified atom stereocenters. The maximum atomic E-state index is 13.9. The van der Waals surface area contributed by atoms with E-state index in [9.17, 15) is 43.2 Å². The lowest BCUT2D eigenvalue weighted by atomic mass is 9.89. The van der Waals surface area contributed by atoms with Crippen molar-refractivity contribution in [2.24, 2.45) is 78.6 Å². The second kappa shape index (κ2) is 41.2. The zero-order valence-corrected chi connectivity index (χ0v) is 44.8. The molecule has 0 fully saturated rings. The number of ketones is 4. The van der Waals surface area contributed by atoms with E-state index < -0.39 is 89.7 Å². The van der Waals surface area contributed by atoms with Crippen LogP contribution in [0, 0.1) is 17.8 Å². The van der Waals surface area contributed by atoms with Gasteiger partial charge in [-0.2, -0.15) is 0 Å². The van der Waals surface area contributed by atoms with Crippen LogP contribution in [0.3, 0.4) is 0 Å². The first-order valence-corrected chi connectivity index (χ1v) is 26.8. The summed E-state index contributed by atoms with van der Waals surface area (Å²) in [5, 5.41) is 8.13. The van der Waals surface area contributed by atoms with E-state index in [1.807, 2.05) is 0 Å². The zero-order chi connectivity index (χ0) is 55.8. The first-order valence-electron chi connectivity index (χ1n) is 26.8. The van der Waals surface area contributed by atoms with Crippen LogP contribution < -0.4 is 61.8 Å². The topological polar surface area (TPSA) is 435 Å². The van der Waals surface area contributed by atoms with Gasteiger partial charge in [-0.25, -0.2) is 0 Å². The van der Waals surface area contributed by atoms with Gasteiger partial charge in [0.25, 0.3) is 0 Å². The SMILES string of the molecule is CCCCCCCCCCCCCCCC(=O)N[C@@H](CCCN=C(N)N)C(=O)C[C@@H](CCC(N)=O)C(=O)N[C@@H](C)C(=O)C[C@@H](CCC(N)=O)C(=O)N[C@@H](CCCN=C(N)N)C(=O)C[C@@H](CCCN=C(N)N)C(C)=O. The van der Waals surface area contributed by atoms with Crippen LogP contribution in [0.15, 0.2) is 15.0 Å². The highest BCUT2D eigenvalue weighted by atomic mass is 16.2. The molecule has 0 aromatic rings. The Hall–Kier alpha value is -6.16. The molecule has 0 bridgehead atoms. The fraction of sp³-hybridized carbons (Fsp3) is 0.765. The largest absolute Gasteiger partial charge is 0.370 e. The van der Waals surface area contributed by atoms with Crippen LogP contribution in [0.5, 0.6) is 0 Å². The molecule has 0 aliphatic carbocycles. The fourth-order valence-electron chi connectivity index (χ4n) is 8.37. The van der Waals surface area contributed by atoms with Crippen LogP contribution in [0.4, 0.5) is 0 Å².